The van der Waals surface area contributed by atoms with Gasteiger partial charge in [-0.1, -0.05) is 80.8 Å². The van der Waals surface area contributed by atoms with Gasteiger partial charge < -0.3 is 9.47 Å². The molecule has 0 radical (unpaired) electrons. The van der Waals surface area contributed by atoms with Gasteiger partial charge >= 0.3 is 11.9 Å². The highest BCUT2D eigenvalue weighted by atomic mass is 35.5. The average molecular weight is 443 g/mol. The average Bonchev–Trinajstić information content (AvgIpc) is 2.68. The van der Waals surface area contributed by atoms with Crippen molar-refractivity contribution in [2.24, 2.45) is 0 Å². The van der Waals surface area contributed by atoms with Gasteiger partial charge in [-0.3, -0.25) is 9.59 Å². The molecule has 0 aliphatic rings. The van der Waals surface area contributed by atoms with Crippen molar-refractivity contribution < 1.29 is 19.1 Å². The second-order valence-electron chi connectivity index (χ2n) is 6.97. The van der Waals surface area contributed by atoms with Gasteiger partial charge in [0.05, 0.1) is 5.02 Å². The molecule has 162 valence electrons. The summed E-state index contributed by atoms with van der Waals surface area (Å²) in [6.45, 7) is 2.51. The zero-order valence-corrected chi connectivity index (χ0v) is 18.8. The standard InChI is InChI=1S/C23H32Cl2O4/c1-2-3-4-5-6-7-8-9-10-11-17-28-22(26)13-12-14-23(27)29-21-16-15-19(24)18-20(21)25/h10-11,15-16,18H,2-9,12-14,17H2,1H3/b11-10+. The van der Waals surface area contributed by atoms with Gasteiger partial charge in [-0.25, -0.2) is 0 Å². The number of unbranched alkanes of at least 4 members (excludes halogenated alkanes) is 7. The highest BCUT2D eigenvalue weighted by Gasteiger charge is 2.10. The third-order valence-electron chi connectivity index (χ3n) is 4.36. The molecule has 4 nitrogen and oxygen atoms in total. The van der Waals surface area contributed by atoms with Crippen LogP contribution in [0.1, 0.15) is 77.6 Å². The topological polar surface area (TPSA) is 52.6 Å². The molecule has 0 aliphatic carbocycles. The van der Waals surface area contributed by atoms with Gasteiger partial charge in [0, 0.05) is 17.9 Å². The zero-order valence-electron chi connectivity index (χ0n) is 17.3. The maximum Gasteiger partial charge on any atom is 0.311 e. The summed E-state index contributed by atoms with van der Waals surface area (Å²) in [5.41, 5.74) is 0. The third kappa shape index (κ3) is 13.3. The fraction of sp³-hybridized carbons (Fsp3) is 0.565. The van der Waals surface area contributed by atoms with Crippen LogP contribution in [0.3, 0.4) is 0 Å². The van der Waals surface area contributed by atoms with E-state index in [0.29, 0.717) is 11.4 Å². The molecule has 1 aromatic rings. The number of hydrogen-bond donors (Lipinski definition) is 0. The molecule has 0 saturated carbocycles. The molecule has 0 aromatic heterocycles. The molecule has 29 heavy (non-hydrogen) atoms. The van der Waals surface area contributed by atoms with E-state index in [9.17, 15) is 9.59 Å². The van der Waals surface area contributed by atoms with Crippen LogP contribution in [-0.4, -0.2) is 18.5 Å². The summed E-state index contributed by atoms with van der Waals surface area (Å²) < 4.78 is 10.3. The van der Waals surface area contributed by atoms with Crippen LogP contribution in [0.25, 0.3) is 0 Å². The van der Waals surface area contributed by atoms with Crippen molar-refractivity contribution in [3.8, 4) is 5.75 Å². The van der Waals surface area contributed by atoms with E-state index in [2.05, 4.69) is 13.0 Å². The number of benzene rings is 1. The molecule has 0 spiro atoms. The second kappa shape index (κ2) is 16.3. The van der Waals surface area contributed by atoms with E-state index in [0.717, 1.165) is 6.42 Å². The van der Waals surface area contributed by atoms with Gasteiger partial charge in [0.2, 0.25) is 0 Å². The highest BCUT2D eigenvalue weighted by molar-refractivity contribution is 6.35. The predicted molar refractivity (Wildman–Crippen MR) is 119 cm³/mol. The summed E-state index contributed by atoms with van der Waals surface area (Å²) in [5, 5.41) is 0.738. The van der Waals surface area contributed by atoms with Gasteiger partial charge in [-0.15, -0.1) is 0 Å². The first-order valence-electron chi connectivity index (χ1n) is 10.5. The number of hydrogen-bond acceptors (Lipinski definition) is 4. The molecular formula is C23H32Cl2O4. The molecular weight excluding hydrogens is 411 g/mol. The Morgan fingerprint density at radius 2 is 1.59 bits per heavy atom. The number of carbonyl (C=O) groups is 2. The minimum absolute atomic E-state index is 0.113. The lowest BCUT2D eigenvalue weighted by atomic mass is 10.1. The molecule has 0 bridgehead atoms. The first-order valence-corrected chi connectivity index (χ1v) is 11.2. The lowest BCUT2D eigenvalue weighted by molar-refractivity contribution is -0.142. The maximum absolute atomic E-state index is 11.8. The van der Waals surface area contributed by atoms with Crippen LogP contribution in [0.5, 0.6) is 5.75 Å². The largest absolute Gasteiger partial charge is 0.461 e. The van der Waals surface area contributed by atoms with Crippen molar-refractivity contribution in [1.82, 2.24) is 0 Å². The first-order chi connectivity index (χ1) is 14.0. The normalized spacial score (nSPS) is 11.0. The van der Waals surface area contributed by atoms with Crippen molar-refractivity contribution in [2.75, 3.05) is 6.61 Å². The Bertz CT molecular complexity index is 644. The number of carbonyl (C=O) groups excluding carboxylic acids is 2. The first kappa shape index (κ1) is 25.5. The lowest BCUT2D eigenvalue weighted by Gasteiger charge is -2.06. The molecule has 0 fully saturated rings. The molecule has 0 heterocycles. The smallest absolute Gasteiger partial charge is 0.311 e. The monoisotopic (exact) mass is 442 g/mol. The van der Waals surface area contributed by atoms with Crippen LogP contribution in [0.2, 0.25) is 10.0 Å². The molecule has 1 aromatic carbocycles. The lowest BCUT2D eigenvalue weighted by Crippen LogP contribution is -2.10. The molecule has 0 amide bonds. The molecule has 0 unspecified atom stereocenters. The Kier molecular flexibility index (Phi) is 14.3. The Balaban J connectivity index is 2.02. The summed E-state index contributed by atoms with van der Waals surface area (Å²) >= 11 is 11.7. The van der Waals surface area contributed by atoms with E-state index in [4.69, 9.17) is 32.7 Å². The van der Waals surface area contributed by atoms with Crippen LogP contribution < -0.4 is 4.74 Å². The van der Waals surface area contributed by atoms with E-state index in [1.165, 1.54) is 57.1 Å². The van der Waals surface area contributed by atoms with Crippen molar-refractivity contribution in [2.45, 2.75) is 77.6 Å². The Labute approximate surface area is 184 Å². The number of esters is 2. The van der Waals surface area contributed by atoms with Crippen molar-refractivity contribution in [3.05, 3.63) is 40.4 Å². The predicted octanol–water partition coefficient (Wildman–Crippen LogP) is 7.31. The van der Waals surface area contributed by atoms with Crippen molar-refractivity contribution in [1.29, 1.82) is 0 Å². The van der Waals surface area contributed by atoms with Crippen LogP contribution in [0, 0.1) is 0 Å². The van der Waals surface area contributed by atoms with Gasteiger partial charge in [-0.2, -0.15) is 0 Å². The Morgan fingerprint density at radius 3 is 2.31 bits per heavy atom. The van der Waals surface area contributed by atoms with E-state index >= 15 is 0 Å². The fourth-order valence-electron chi connectivity index (χ4n) is 2.73. The van der Waals surface area contributed by atoms with Gasteiger partial charge in [0.15, 0.2) is 0 Å². The minimum Gasteiger partial charge on any atom is -0.461 e. The minimum atomic E-state index is -0.448. The number of ether oxygens (including phenoxy) is 2. The number of rotatable bonds is 15. The Hall–Kier alpha value is -1.52. The molecule has 0 atom stereocenters. The molecule has 0 saturated heterocycles. The second-order valence-corrected chi connectivity index (χ2v) is 7.81. The Morgan fingerprint density at radius 1 is 0.897 bits per heavy atom. The molecule has 1 rings (SSSR count). The van der Waals surface area contributed by atoms with Gasteiger partial charge in [-0.05, 0) is 37.5 Å². The van der Waals surface area contributed by atoms with Crippen LogP contribution in [0.15, 0.2) is 30.4 Å². The van der Waals surface area contributed by atoms with Gasteiger partial charge in [0.25, 0.3) is 0 Å². The fourth-order valence-corrected chi connectivity index (χ4v) is 3.17. The summed E-state index contributed by atoms with van der Waals surface area (Å²) in [6.07, 6.45) is 14.6. The van der Waals surface area contributed by atoms with E-state index in [1.54, 1.807) is 6.07 Å². The summed E-state index contributed by atoms with van der Waals surface area (Å²) in [4.78, 5) is 23.5. The third-order valence-corrected chi connectivity index (χ3v) is 4.89. The molecule has 0 N–H and O–H groups in total. The zero-order chi connectivity index (χ0) is 21.3. The van der Waals surface area contributed by atoms with E-state index in [-0.39, 0.29) is 36.2 Å². The van der Waals surface area contributed by atoms with Crippen molar-refractivity contribution in [3.63, 3.8) is 0 Å². The maximum atomic E-state index is 11.8. The number of allylic oxidation sites excluding steroid dienone is 1. The van der Waals surface area contributed by atoms with E-state index in [1.807, 2.05) is 6.08 Å². The SMILES string of the molecule is CCCCCCCCC/C=C/COC(=O)CCCC(=O)Oc1ccc(Cl)cc1Cl. The molecule has 6 heteroatoms. The van der Waals surface area contributed by atoms with Gasteiger partial charge in [0.1, 0.15) is 12.4 Å². The number of halogens is 2. The molecule has 0 aliphatic heterocycles. The van der Waals surface area contributed by atoms with E-state index < -0.39 is 5.97 Å². The van der Waals surface area contributed by atoms with Crippen LogP contribution in [0.4, 0.5) is 0 Å². The summed E-state index contributed by atoms with van der Waals surface area (Å²) in [5.74, 6) is -0.505. The van der Waals surface area contributed by atoms with Crippen LogP contribution in [-0.2, 0) is 14.3 Å². The summed E-state index contributed by atoms with van der Waals surface area (Å²) in [6, 6.07) is 4.63. The quantitative estimate of drug-likeness (QED) is 0.123. The highest BCUT2D eigenvalue weighted by Crippen LogP contribution is 2.27. The van der Waals surface area contributed by atoms with Crippen molar-refractivity contribution >= 4 is 35.1 Å². The van der Waals surface area contributed by atoms with Crippen LogP contribution >= 0.6 is 23.2 Å². The summed E-state index contributed by atoms with van der Waals surface area (Å²) in [7, 11) is 0.